The summed E-state index contributed by atoms with van der Waals surface area (Å²) in [6.45, 7) is 4.29. The Kier molecular flexibility index (Phi) is 8.03. The topological polar surface area (TPSA) is 0 Å². The lowest BCUT2D eigenvalue weighted by molar-refractivity contribution is 0.594. The van der Waals surface area contributed by atoms with Crippen molar-refractivity contribution in [2.75, 3.05) is 0 Å². The van der Waals surface area contributed by atoms with E-state index in [9.17, 15) is 8.78 Å². The van der Waals surface area contributed by atoms with Gasteiger partial charge in [0, 0.05) is 11.1 Å². The van der Waals surface area contributed by atoms with Crippen LogP contribution in [0.15, 0.2) is 60.7 Å². The fourth-order valence-electron chi connectivity index (χ4n) is 3.20. The van der Waals surface area contributed by atoms with Gasteiger partial charge in [-0.2, -0.15) is 0 Å². The van der Waals surface area contributed by atoms with E-state index in [1.165, 1.54) is 11.1 Å². The van der Waals surface area contributed by atoms with Gasteiger partial charge in [0.05, 0.1) is 11.1 Å². The molecule has 156 valence electrons. The van der Waals surface area contributed by atoms with Crippen LogP contribution in [0.1, 0.15) is 66.5 Å². The molecule has 0 aliphatic carbocycles. The Morgan fingerprint density at radius 2 is 1.03 bits per heavy atom. The molecule has 0 saturated heterocycles. The summed E-state index contributed by atoms with van der Waals surface area (Å²) in [4.78, 5) is 0. The van der Waals surface area contributed by atoms with Gasteiger partial charge in [-0.25, -0.2) is 8.78 Å². The molecule has 0 aromatic heterocycles. The summed E-state index contributed by atoms with van der Waals surface area (Å²) < 4.78 is 28.9. The number of hydrogen-bond donors (Lipinski definition) is 0. The molecular formula is C29H26F2. The van der Waals surface area contributed by atoms with Gasteiger partial charge in [-0.1, -0.05) is 74.6 Å². The second kappa shape index (κ2) is 11.1. The molecule has 0 radical (unpaired) electrons. The summed E-state index contributed by atoms with van der Waals surface area (Å²) in [5, 5.41) is 0. The van der Waals surface area contributed by atoms with Crippen LogP contribution in [0.2, 0.25) is 0 Å². The van der Waals surface area contributed by atoms with Crippen LogP contribution >= 0.6 is 0 Å². The second-order valence-electron chi connectivity index (χ2n) is 7.56. The van der Waals surface area contributed by atoms with E-state index >= 15 is 0 Å². The van der Waals surface area contributed by atoms with Gasteiger partial charge in [-0.3, -0.25) is 0 Å². The van der Waals surface area contributed by atoms with Crippen molar-refractivity contribution in [3.63, 3.8) is 0 Å². The van der Waals surface area contributed by atoms with Gasteiger partial charge in [0.15, 0.2) is 0 Å². The first-order chi connectivity index (χ1) is 15.1. The van der Waals surface area contributed by atoms with Crippen molar-refractivity contribution in [2.24, 2.45) is 0 Å². The third-order valence-corrected chi connectivity index (χ3v) is 5.01. The summed E-state index contributed by atoms with van der Waals surface area (Å²) in [7, 11) is 0. The summed E-state index contributed by atoms with van der Waals surface area (Å²) in [5.74, 6) is 10.1. The van der Waals surface area contributed by atoms with E-state index in [-0.39, 0.29) is 11.1 Å². The molecule has 0 fully saturated rings. The molecule has 0 atom stereocenters. The standard InChI is InChI=1S/C29H26F2/c1-3-5-7-23-10-14-25(15-11-23)17-19-27-21-28(30)26(20-29(27)31)18-16-24-12-8-22(6-4-2)9-13-24/h8-15,20-21H,3-7H2,1-2H3. The highest BCUT2D eigenvalue weighted by Crippen LogP contribution is 2.15. The zero-order valence-corrected chi connectivity index (χ0v) is 18.1. The molecule has 0 bridgehead atoms. The van der Waals surface area contributed by atoms with Crippen LogP contribution in [0, 0.1) is 35.3 Å². The molecule has 2 heteroatoms. The molecule has 0 spiro atoms. The van der Waals surface area contributed by atoms with Gasteiger partial charge in [0.2, 0.25) is 0 Å². The monoisotopic (exact) mass is 412 g/mol. The zero-order valence-electron chi connectivity index (χ0n) is 18.1. The Labute approximate surface area is 184 Å². The minimum atomic E-state index is -0.573. The Morgan fingerprint density at radius 3 is 1.45 bits per heavy atom. The number of rotatable bonds is 5. The van der Waals surface area contributed by atoms with E-state index in [4.69, 9.17) is 0 Å². The number of aryl methyl sites for hydroxylation is 2. The molecule has 0 aliphatic heterocycles. The molecular weight excluding hydrogens is 386 g/mol. The van der Waals surface area contributed by atoms with Gasteiger partial charge in [0.25, 0.3) is 0 Å². The number of benzene rings is 3. The third kappa shape index (κ3) is 6.56. The fraction of sp³-hybridized carbons (Fsp3) is 0.241. The molecule has 3 rings (SSSR count). The fourth-order valence-corrected chi connectivity index (χ4v) is 3.20. The van der Waals surface area contributed by atoms with Crippen LogP contribution in [0.3, 0.4) is 0 Å². The normalized spacial score (nSPS) is 10.1. The first kappa shape index (κ1) is 22.3. The van der Waals surface area contributed by atoms with Crippen molar-refractivity contribution in [1.82, 2.24) is 0 Å². The van der Waals surface area contributed by atoms with Gasteiger partial charge >= 0.3 is 0 Å². The summed E-state index contributed by atoms with van der Waals surface area (Å²) in [6.07, 6.45) is 5.43. The van der Waals surface area contributed by atoms with E-state index in [0.717, 1.165) is 55.4 Å². The van der Waals surface area contributed by atoms with Crippen molar-refractivity contribution in [1.29, 1.82) is 0 Å². The van der Waals surface area contributed by atoms with Crippen LogP contribution in [0.4, 0.5) is 8.78 Å². The smallest absolute Gasteiger partial charge is 0.140 e. The molecule has 0 amide bonds. The lowest BCUT2D eigenvalue weighted by Crippen LogP contribution is -1.92. The zero-order chi connectivity index (χ0) is 22.1. The number of hydrogen-bond acceptors (Lipinski definition) is 0. The van der Waals surface area contributed by atoms with E-state index in [1.54, 1.807) is 0 Å². The van der Waals surface area contributed by atoms with Crippen molar-refractivity contribution < 1.29 is 8.78 Å². The van der Waals surface area contributed by atoms with Crippen molar-refractivity contribution in [3.8, 4) is 23.7 Å². The number of halogens is 2. The highest BCUT2D eigenvalue weighted by molar-refractivity contribution is 5.49. The van der Waals surface area contributed by atoms with E-state index in [0.29, 0.717) is 0 Å². The van der Waals surface area contributed by atoms with Crippen molar-refractivity contribution in [2.45, 2.75) is 46.0 Å². The van der Waals surface area contributed by atoms with E-state index < -0.39 is 11.6 Å². The SMILES string of the molecule is CCCCc1ccc(C#Cc2cc(F)c(C#Cc3ccc(CCC)cc3)cc2F)cc1. The maximum absolute atomic E-state index is 14.5. The van der Waals surface area contributed by atoms with Crippen LogP contribution in [-0.2, 0) is 12.8 Å². The summed E-state index contributed by atoms with van der Waals surface area (Å²) >= 11 is 0. The second-order valence-corrected chi connectivity index (χ2v) is 7.56. The largest absolute Gasteiger partial charge is 0.206 e. The Morgan fingerprint density at radius 1 is 0.581 bits per heavy atom. The van der Waals surface area contributed by atoms with E-state index in [2.05, 4.69) is 37.5 Å². The molecule has 0 unspecified atom stereocenters. The van der Waals surface area contributed by atoms with Crippen LogP contribution in [0.5, 0.6) is 0 Å². The van der Waals surface area contributed by atoms with Crippen LogP contribution < -0.4 is 0 Å². The molecule has 31 heavy (non-hydrogen) atoms. The molecule has 0 N–H and O–H groups in total. The maximum Gasteiger partial charge on any atom is 0.140 e. The van der Waals surface area contributed by atoms with E-state index in [1.807, 2.05) is 48.5 Å². The van der Waals surface area contributed by atoms with Crippen LogP contribution in [-0.4, -0.2) is 0 Å². The van der Waals surface area contributed by atoms with Gasteiger partial charge in [-0.05, 0) is 66.8 Å². The average Bonchev–Trinajstić information content (AvgIpc) is 2.79. The predicted molar refractivity (Wildman–Crippen MR) is 124 cm³/mol. The minimum Gasteiger partial charge on any atom is -0.206 e. The van der Waals surface area contributed by atoms with Crippen molar-refractivity contribution in [3.05, 3.63) is 106 Å². The van der Waals surface area contributed by atoms with Gasteiger partial charge in [-0.15, -0.1) is 0 Å². The molecule has 3 aromatic rings. The predicted octanol–water partition coefficient (Wildman–Crippen LogP) is 7.06. The Hall–Kier alpha value is -3.36. The number of unbranched alkanes of at least 4 members (excludes halogenated alkanes) is 1. The summed E-state index contributed by atoms with van der Waals surface area (Å²) in [5.41, 5.74) is 4.10. The van der Waals surface area contributed by atoms with Gasteiger partial charge in [0.1, 0.15) is 11.6 Å². The highest BCUT2D eigenvalue weighted by atomic mass is 19.1. The molecule has 3 aromatic carbocycles. The lowest BCUT2D eigenvalue weighted by Gasteiger charge is -2.00. The Bertz CT molecular complexity index is 1130. The molecule has 0 heterocycles. The third-order valence-electron chi connectivity index (χ3n) is 5.01. The quantitative estimate of drug-likeness (QED) is 0.394. The molecule has 0 aliphatic rings. The first-order valence-electron chi connectivity index (χ1n) is 10.8. The minimum absolute atomic E-state index is 0.0287. The summed E-state index contributed by atoms with van der Waals surface area (Å²) in [6, 6.07) is 18.0. The van der Waals surface area contributed by atoms with Gasteiger partial charge < -0.3 is 0 Å². The first-order valence-corrected chi connectivity index (χ1v) is 10.8. The lowest BCUT2D eigenvalue weighted by atomic mass is 10.1. The average molecular weight is 413 g/mol. The maximum atomic E-state index is 14.5. The van der Waals surface area contributed by atoms with Crippen molar-refractivity contribution >= 4 is 0 Å². The Balaban J connectivity index is 1.75. The molecule has 0 nitrogen and oxygen atoms in total. The molecule has 0 saturated carbocycles. The van der Waals surface area contributed by atoms with Crippen LogP contribution in [0.25, 0.3) is 0 Å². The highest BCUT2D eigenvalue weighted by Gasteiger charge is 2.07.